The molecule has 1 aliphatic rings. The van der Waals surface area contributed by atoms with Gasteiger partial charge >= 0.3 is 0 Å². The highest BCUT2D eigenvalue weighted by Crippen LogP contribution is 2.29. The van der Waals surface area contributed by atoms with Gasteiger partial charge in [0.05, 0.1) is 5.69 Å². The van der Waals surface area contributed by atoms with E-state index >= 15 is 0 Å². The lowest BCUT2D eigenvalue weighted by Crippen LogP contribution is -2.47. The van der Waals surface area contributed by atoms with Gasteiger partial charge in [-0.25, -0.2) is 0 Å². The molecule has 3 rings (SSSR count). The van der Waals surface area contributed by atoms with Crippen LogP contribution >= 0.6 is 0 Å². The van der Waals surface area contributed by atoms with Gasteiger partial charge in [-0.05, 0) is 30.4 Å². The number of aryl methyl sites for hydroxylation is 2. The summed E-state index contributed by atoms with van der Waals surface area (Å²) in [5.41, 5.74) is 10.2. The molecule has 0 aliphatic heterocycles. The van der Waals surface area contributed by atoms with Crippen molar-refractivity contribution in [3.05, 3.63) is 47.3 Å². The zero-order valence-electron chi connectivity index (χ0n) is 10.6. The van der Waals surface area contributed by atoms with Crippen molar-refractivity contribution in [3.63, 3.8) is 0 Å². The van der Waals surface area contributed by atoms with Crippen LogP contribution in [-0.2, 0) is 26.3 Å². The molecular weight excluding hydrogens is 224 g/mol. The maximum Gasteiger partial charge on any atom is 0.0845 e. The van der Waals surface area contributed by atoms with Crippen molar-refractivity contribution in [2.75, 3.05) is 0 Å². The number of fused-ring (bicyclic) bond motifs is 1. The van der Waals surface area contributed by atoms with Crippen LogP contribution in [0.4, 0.5) is 0 Å². The fraction of sp³-hybridized carbons (Fsp3) is 0.429. The quantitative estimate of drug-likeness (QED) is 0.862. The second-order valence-corrected chi connectivity index (χ2v) is 5.37. The molecule has 4 heteroatoms. The lowest BCUT2D eigenvalue weighted by atomic mass is 9.76. The lowest BCUT2D eigenvalue weighted by molar-refractivity contribution is 0.366. The summed E-state index contributed by atoms with van der Waals surface area (Å²) >= 11 is 0. The first-order valence-electron chi connectivity index (χ1n) is 6.36. The molecule has 1 unspecified atom stereocenters. The van der Waals surface area contributed by atoms with Crippen LogP contribution in [0.1, 0.15) is 23.2 Å². The van der Waals surface area contributed by atoms with E-state index in [0.717, 1.165) is 31.4 Å². The first-order valence-corrected chi connectivity index (χ1v) is 6.36. The maximum absolute atomic E-state index is 6.54. The van der Waals surface area contributed by atoms with Crippen LogP contribution in [0.2, 0.25) is 0 Å². The van der Waals surface area contributed by atoms with Gasteiger partial charge in [0.25, 0.3) is 0 Å². The van der Waals surface area contributed by atoms with Crippen molar-refractivity contribution in [2.45, 2.75) is 31.2 Å². The van der Waals surface area contributed by atoms with Crippen LogP contribution in [0, 0.1) is 0 Å². The number of benzene rings is 1. The Morgan fingerprint density at radius 1 is 1.33 bits per heavy atom. The van der Waals surface area contributed by atoms with Crippen LogP contribution in [0.25, 0.3) is 0 Å². The third kappa shape index (κ3) is 2.16. The highest BCUT2D eigenvalue weighted by molar-refractivity contribution is 5.32. The molecule has 0 spiro atoms. The molecule has 18 heavy (non-hydrogen) atoms. The number of aromatic nitrogens is 3. The smallest absolute Gasteiger partial charge is 0.0845 e. The summed E-state index contributed by atoms with van der Waals surface area (Å²) in [5, 5.41) is 8.11. The summed E-state index contributed by atoms with van der Waals surface area (Å²) in [6, 6.07) is 8.59. The lowest BCUT2D eigenvalue weighted by Gasteiger charge is -2.34. The van der Waals surface area contributed by atoms with E-state index in [1.165, 1.54) is 11.1 Å². The third-order valence-electron chi connectivity index (χ3n) is 3.74. The maximum atomic E-state index is 6.54. The number of nitrogens with two attached hydrogens (primary N) is 1. The zero-order valence-corrected chi connectivity index (χ0v) is 10.6. The first kappa shape index (κ1) is 11.4. The summed E-state index contributed by atoms with van der Waals surface area (Å²) in [6.07, 6.45) is 5.76. The molecular formula is C14H18N4. The molecule has 1 aliphatic carbocycles. The zero-order chi connectivity index (χ0) is 12.6. The van der Waals surface area contributed by atoms with Gasteiger partial charge in [-0.1, -0.05) is 29.5 Å². The average Bonchev–Trinajstić information content (AvgIpc) is 2.74. The molecule has 0 saturated heterocycles. The number of hydrogen-bond donors (Lipinski definition) is 1. The Hall–Kier alpha value is -1.68. The molecule has 1 heterocycles. The van der Waals surface area contributed by atoms with Gasteiger partial charge in [-0.15, -0.1) is 5.10 Å². The molecule has 1 aromatic heterocycles. The van der Waals surface area contributed by atoms with Crippen molar-refractivity contribution >= 4 is 0 Å². The first-order chi connectivity index (χ1) is 8.65. The van der Waals surface area contributed by atoms with E-state index in [1.54, 1.807) is 4.68 Å². The Labute approximate surface area is 107 Å². The van der Waals surface area contributed by atoms with Crippen molar-refractivity contribution in [1.29, 1.82) is 0 Å². The van der Waals surface area contributed by atoms with Crippen molar-refractivity contribution in [3.8, 4) is 0 Å². The van der Waals surface area contributed by atoms with Crippen LogP contribution in [-0.4, -0.2) is 20.5 Å². The van der Waals surface area contributed by atoms with Gasteiger partial charge in [0.2, 0.25) is 0 Å². The Bertz CT molecular complexity index is 560. The molecule has 0 fully saturated rings. The number of rotatable bonds is 2. The molecule has 1 aromatic carbocycles. The van der Waals surface area contributed by atoms with E-state index in [2.05, 4.69) is 34.6 Å². The largest absolute Gasteiger partial charge is 0.324 e. The van der Waals surface area contributed by atoms with Gasteiger partial charge in [-0.3, -0.25) is 4.68 Å². The molecule has 2 N–H and O–H groups in total. The fourth-order valence-corrected chi connectivity index (χ4v) is 2.81. The number of hydrogen-bond acceptors (Lipinski definition) is 3. The van der Waals surface area contributed by atoms with Gasteiger partial charge in [0, 0.05) is 25.2 Å². The molecule has 0 bridgehead atoms. The van der Waals surface area contributed by atoms with Crippen LogP contribution in [0.5, 0.6) is 0 Å². The average molecular weight is 242 g/mol. The second kappa shape index (κ2) is 4.21. The van der Waals surface area contributed by atoms with E-state index < -0.39 is 0 Å². The third-order valence-corrected chi connectivity index (χ3v) is 3.74. The summed E-state index contributed by atoms with van der Waals surface area (Å²) in [6.45, 7) is 0. The molecule has 2 aromatic rings. The van der Waals surface area contributed by atoms with Crippen molar-refractivity contribution < 1.29 is 0 Å². The van der Waals surface area contributed by atoms with Crippen molar-refractivity contribution in [2.24, 2.45) is 12.8 Å². The summed E-state index contributed by atoms with van der Waals surface area (Å²) in [5.74, 6) is 0. The summed E-state index contributed by atoms with van der Waals surface area (Å²) in [7, 11) is 1.88. The highest BCUT2D eigenvalue weighted by Gasteiger charge is 2.31. The minimum atomic E-state index is -0.176. The minimum Gasteiger partial charge on any atom is -0.324 e. The molecule has 0 saturated carbocycles. The Morgan fingerprint density at radius 3 is 2.83 bits per heavy atom. The van der Waals surface area contributed by atoms with Crippen LogP contribution < -0.4 is 5.73 Å². The summed E-state index contributed by atoms with van der Waals surface area (Å²) < 4.78 is 1.73. The Morgan fingerprint density at radius 2 is 2.11 bits per heavy atom. The molecule has 0 radical (unpaired) electrons. The fourth-order valence-electron chi connectivity index (χ4n) is 2.81. The monoisotopic (exact) mass is 242 g/mol. The van der Waals surface area contributed by atoms with E-state index in [1.807, 2.05) is 13.2 Å². The van der Waals surface area contributed by atoms with Gasteiger partial charge in [0.1, 0.15) is 0 Å². The highest BCUT2D eigenvalue weighted by atomic mass is 15.4. The van der Waals surface area contributed by atoms with E-state index in [0.29, 0.717) is 0 Å². The Kier molecular flexibility index (Phi) is 2.67. The van der Waals surface area contributed by atoms with Crippen LogP contribution in [0.15, 0.2) is 30.5 Å². The molecule has 1 atom stereocenters. The molecule has 94 valence electrons. The predicted molar refractivity (Wildman–Crippen MR) is 70.1 cm³/mol. The van der Waals surface area contributed by atoms with Gasteiger partial charge in [0.15, 0.2) is 0 Å². The molecule has 0 amide bonds. The molecule has 4 nitrogen and oxygen atoms in total. The second-order valence-electron chi connectivity index (χ2n) is 5.37. The van der Waals surface area contributed by atoms with E-state index in [4.69, 9.17) is 5.73 Å². The van der Waals surface area contributed by atoms with Gasteiger partial charge < -0.3 is 5.73 Å². The SMILES string of the molecule is Cn1cc(CC2(N)CCc3ccccc3C2)nn1. The van der Waals surface area contributed by atoms with Crippen molar-refractivity contribution in [1.82, 2.24) is 15.0 Å². The van der Waals surface area contributed by atoms with Gasteiger partial charge in [-0.2, -0.15) is 0 Å². The van der Waals surface area contributed by atoms with Crippen LogP contribution in [0.3, 0.4) is 0 Å². The minimum absolute atomic E-state index is 0.176. The summed E-state index contributed by atoms with van der Waals surface area (Å²) in [4.78, 5) is 0. The van der Waals surface area contributed by atoms with E-state index in [-0.39, 0.29) is 5.54 Å². The predicted octanol–water partition coefficient (Wildman–Crippen LogP) is 1.24. The normalized spacial score (nSPS) is 22.8. The topological polar surface area (TPSA) is 56.7 Å². The van der Waals surface area contributed by atoms with E-state index in [9.17, 15) is 0 Å². The number of nitrogens with zero attached hydrogens (tertiary/aromatic N) is 3. The Balaban J connectivity index is 1.81. The standard InChI is InChI=1S/C14H18N4/c1-18-10-13(16-17-18)9-14(15)7-6-11-4-2-3-5-12(11)8-14/h2-5,10H,6-9,15H2,1H3.